The van der Waals surface area contributed by atoms with E-state index in [2.05, 4.69) is 4.18 Å². The molecule has 26 heavy (non-hydrogen) atoms. The number of piperazine rings is 1. The second kappa shape index (κ2) is 8.75. The van der Waals surface area contributed by atoms with Gasteiger partial charge in [0.2, 0.25) is 5.91 Å². The fourth-order valence-electron chi connectivity index (χ4n) is 2.76. The van der Waals surface area contributed by atoms with Crippen molar-refractivity contribution in [3.05, 3.63) is 28.2 Å². The highest BCUT2D eigenvalue weighted by atomic mass is 35.5. The molecule has 146 valence electrons. The summed E-state index contributed by atoms with van der Waals surface area (Å²) in [6.45, 7) is 2.92. The zero-order valence-electron chi connectivity index (χ0n) is 14.6. The molecule has 0 radical (unpaired) electrons. The number of amides is 1. The Balaban J connectivity index is 1.91. The minimum atomic E-state index is -3.59. The zero-order valence-corrected chi connectivity index (χ0v) is 16.9. The third kappa shape index (κ3) is 5.72. The molecule has 1 unspecified atom stereocenters. The largest absolute Gasteiger partial charge is 0.391 e. The summed E-state index contributed by atoms with van der Waals surface area (Å²) in [6, 6.07) is 4.86. The van der Waals surface area contributed by atoms with Gasteiger partial charge >= 0.3 is 0 Å². The lowest BCUT2D eigenvalue weighted by Crippen LogP contribution is -2.56. The summed E-state index contributed by atoms with van der Waals surface area (Å²) < 4.78 is 26.4. The van der Waals surface area contributed by atoms with E-state index in [1.54, 1.807) is 24.0 Å². The van der Waals surface area contributed by atoms with Crippen molar-refractivity contribution in [2.75, 3.05) is 37.4 Å². The molecule has 1 heterocycles. The Labute approximate surface area is 163 Å². The van der Waals surface area contributed by atoms with Crippen LogP contribution in [0, 0.1) is 0 Å². The van der Waals surface area contributed by atoms with Crippen molar-refractivity contribution >= 4 is 44.9 Å². The zero-order chi connectivity index (χ0) is 19.5. The molecule has 1 aromatic carbocycles. The van der Waals surface area contributed by atoms with Crippen molar-refractivity contribution in [1.82, 2.24) is 4.90 Å². The first-order valence-corrected chi connectivity index (χ1v) is 10.7. The number of aliphatic hydroxyl groups excluding tert-OH is 1. The molecule has 0 bridgehead atoms. The van der Waals surface area contributed by atoms with Crippen LogP contribution in [0.25, 0.3) is 0 Å². The van der Waals surface area contributed by atoms with E-state index in [-0.39, 0.29) is 25.0 Å². The Bertz CT molecular complexity index is 759. The molecule has 1 aliphatic rings. The monoisotopic (exact) mass is 424 g/mol. The van der Waals surface area contributed by atoms with Crippen molar-refractivity contribution in [3.63, 3.8) is 0 Å². The SMILES string of the molecule is CC1C(=O)N(CC[C@@H](O)COS(C)(=O)=O)CCN1c1ccc(Cl)c(Cl)c1. The molecular weight excluding hydrogens is 403 g/mol. The van der Waals surface area contributed by atoms with Crippen LogP contribution in [-0.2, 0) is 19.1 Å². The van der Waals surface area contributed by atoms with E-state index in [4.69, 9.17) is 23.2 Å². The molecule has 0 spiro atoms. The second-order valence-corrected chi connectivity index (χ2v) is 8.68. The summed E-state index contributed by atoms with van der Waals surface area (Å²) in [7, 11) is -3.59. The third-order valence-corrected chi connectivity index (χ3v) is 5.49. The lowest BCUT2D eigenvalue weighted by molar-refractivity contribution is -0.134. The normalized spacial score (nSPS) is 19.7. The van der Waals surface area contributed by atoms with Gasteiger partial charge in [-0.3, -0.25) is 8.98 Å². The van der Waals surface area contributed by atoms with Crippen molar-refractivity contribution in [2.45, 2.75) is 25.5 Å². The van der Waals surface area contributed by atoms with Gasteiger partial charge in [0, 0.05) is 25.3 Å². The van der Waals surface area contributed by atoms with Crippen molar-refractivity contribution < 1.29 is 22.5 Å². The first-order valence-electron chi connectivity index (χ1n) is 8.11. The average Bonchev–Trinajstić information content (AvgIpc) is 2.56. The fourth-order valence-corrected chi connectivity index (χ4v) is 3.46. The van der Waals surface area contributed by atoms with E-state index in [9.17, 15) is 18.3 Å². The number of carbonyl (C=O) groups is 1. The Morgan fingerprint density at radius 2 is 2.00 bits per heavy atom. The van der Waals surface area contributed by atoms with Crippen molar-refractivity contribution in [1.29, 1.82) is 0 Å². The highest BCUT2D eigenvalue weighted by Crippen LogP contribution is 2.29. The van der Waals surface area contributed by atoms with Gasteiger partial charge < -0.3 is 14.9 Å². The van der Waals surface area contributed by atoms with Gasteiger partial charge in [-0.2, -0.15) is 8.42 Å². The molecule has 2 rings (SSSR count). The highest BCUT2D eigenvalue weighted by Gasteiger charge is 2.31. The summed E-state index contributed by atoms with van der Waals surface area (Å²) in [6.07, 6.45) is 0.203. The van der Waals surface area contributed by atoms with Gasteiger partial charge in [-0.25, -0.2) is 0 Å². The summed E-state index contributed by atoms with van der Waals surface area (Å²) in [5.41, 5.74) is 0.821. The number of hydrogen-bond acceptors (Lipinski definition) is 6. The van der Waals surface area contributed by atoms with Crippen LogP contribution in [0.2, 0.25) is 10.0 Å². The number of aliphatic hydroxyl groups is 1. The molecule has 1 saturated heterocycles. The molecular formula is C16H22Cl2N2O5S. The van der Waals surface area contributed by atoms with E-state index < -0.39 is 16.2 Å². The number of halogens is 2. The Morgan fingerprint density at radius 1 is 1.31 bits per heavy atom. The van der Waals surface area contributed by atoms with Gasteiger partial charge in [0.15, 0.2) is 0 Å². The Hall–Kier alpha value is -1.06. The number of anilines is 1. The first-order chi connectivity index (χ1) is 12.1. The standard InChI is InChI=1S/C16H22Cl2N2O5S/c1-11-16(22)19(6-5-13(21)10-25-26(2,23)24)7-8-20(11)12-3-4-14(17)15(18)9-12/h3-4,9,11,13,21H,5-8,10H2,1-2H3/t11?,13-/m1/s1. The van der Waals surface area contributed by atoms with Crippen molar-refractivity contribution in [3.8, 4) is 0 Å². The lowest BCUT2D eigenvalue weighted by atomic mass is 10.1. The predicted octanol–water partition coefficient (Wildman–Crippen LogP) is 1.76. The molecule has 10 heteroatoms. The van der Waals surface area contributed by atoms with Crippen LogP contribution in [0.3, 0.4) is 0 Å². The second-order valence-electron chi connectivity index (χ2n) is 6.22. The van der Waals surface area contributed by atoms with E-state index in [1.165, 1.54) is 0 Å². The first kappa shape index (κ1) is 21.2. The Morgan fingerprint density at radius 3 is 2.62 bits per heavy atom. The van der Waals surface area contributed by atoms with E-state index >= 15 is 0 Å². The summed E-state index contributed by atoms with van der Waals surface area (Å²) in [4.78, 5) is 16.2. The third-order valence-electron chi connectivity index (χ3n) is 4.19. The maximum atomic E-state index is 12.6. The van der Waals surface area contributed by atoms with Gasteiger partial charge in [0.05, 0.1) is 29.0 Å². The maximum Gasteiger partial charge on any atom is 0.264 e. The van der Waals surface area contributed by atoms with Gasteiger partial charge in [-0.15, -0.1) is 0 Å². The molecule has 1 N–H and O–H groups in total. The minimum Gasteiger partial charge on any atom is -0.391 e. The van der Waals surface area contributed by atoms with Crippen LogP contribution in [0.5, 0.6) is 0 Å². The van der Waals surface area contributed by atoms with E-state index in [0.29, 0.717) is 29.7 Å². The van der Waals surface area contributed by atoms with Crippen LogP contribution >= 0.6 is 23.2 Å². The van der Waals surface area contributed by atoms with Crippen LogP contribution in [0.4, 0.5) is 5.69 Å². The predicted molar refractivity (Wildman–Crippen MR) is 101 cm³/mol. The van der Waals surface area contributed by atoms with Gasteiger partial charge in [-0.1, -0.05) is 23.2 Å². The van der Waals surface area contributed by atoms with E-state index in [0.717, 1.165) is 11.9 Å². The van der Waals surface area contributed by atoms with Crippen LogP contribution in [0.15, 0.2) is 18.2 Å². The number of carbonyl (C=O) groups excluding carboxylic acids is 1. The minimum absolute atomic E-state index is 0.0708. The van der Waals surface area contributed by atoms with Crippen LogP contribution in [-0.4, -0.2) is 69.0 Å². The van der Waals surface area contributed by atoms with Crippen LogP contribution < -0.4 is 4.90 Å². The summed E-state index contributed by atoms with van der Waals surface area (Å²) >= 11 is 12.0. The number of hydrogen-bond donors (Lipinski definition) is 1. The summed E-state index contributed by atoms with van der Waals surface area (Å²) in [5, 5.41) is 10.7. The quantitative estimate of drug-likeness (QED) is 0.670. The van der Waals surface area contributed by atoms with Gasteiger partial charge in [0.25, 0.3) is 10.1 Å². The number of benzene rings is 1. The highest BCUT2D eigenvalue weighted by molar-refractivity contribution is 7.85. The van der Waals surface area contributed by atoms with Crippen LogP contribution in [0.1, 0.15) is 13.3 Å². The molecule has 1 fully saturated rings. The molecule has 7 nitrogen and oxygen atoms in total. The molecule has 2 atom stereocenters. The molecule has 1 aliphatic heterocycles. The van der Waals surface area contributed by atoms with Gasteiger partial charge in [0.1, 0.15) is 6.04 Å². The van der Waals surface area contributed by atoms with Gasteiger partial charge in [-0.05, 0) is 31.5 Å². The van der Waals surface area contributed by atoms with E-state index in [1.807, 2.05) is 11.0 Å². The Kier molecular flexibility index (Phi) is 7.15. The fraction of sp³-hybridized carbons (Fsp3) is 0.562. The van der Waals surface area contributed by atoms with Crippen molar-refractivity contribution in [2.24, 2.45) is 0 Å². The molecule has 1 aromatic rings. The smallest absolute Gasteiger partial charge is 0.264 e. The average molecular weight is 425 g/mol. The lowest BCUT2D eigenvalue weighted by Gasteiger charge is -2.40. The number of nitrogens with zero attached hydrogens (tertiary/aromatic N) is 2. The number of rotatable bonds is 7. The molecule has 0 aliphatic carbocycles. The molecule has 0 aromatic heterocycles. The molecule has 0 saturated carbocycles. The summed E-state index contributed by atoms with van der Waals surface area (Å²) in [5.74, 6) is -0.0708. The topological polar surface area (TPSA) is 87.1 Å². The molecule has 1 amide bonds. The maximum absolute atomic E-state index is 12.6.